The van der Waals surface area contributed by atoms with Crippen molar-refractivity contribution in [3.8, 4) is 0 Å². The number of quaternary nitrogens is 1. The van der Waals surface area contributed by atoms with Gasteiger partial charge in [-0.3, -0.25) is 5.32 Å². The molecule has 0 aliphatic carbocycles. The molecule has 0 aromatic carbocycles. The second-order valence-electron chi connectivity index (χ2n) is 1.47. The highest BCUT2D eigenvalue weighted by atomic mass is 15.6. The van der Waals surface area contributed by atoms with Crippen LogP contribution in [0.4, 0.5) is 0 Å². The normalized spacial score (nSPS) is 18.9. The molecule has 2 atom stereocenters. The number of rotatable bonds is 2. The van der Waals surface area contributed by atoms with Crippen LogP contribution in [-0.4, -0.2) is 13.2 Å². The Morgan fingerprint density at radius 1 is 1.86 bits per heavy atom. The molecule has 5 N–H and O–H groups in total. The fraction of sp³-hybridized carbons (Fsp3) is 1.00. The Balaban J connectivity index is 3.14. The summed E-state index contributed by atoms with van der Waals surface area (Å²) in [5, 5.41) is 3.00. The molecule has 0 amide bonds. The molecule has 0 radical (unpaired) electrons. The predicted molar refractivity (Wildman–Crippen MR) is 28.0 cm³/mol. The maximum Gasteiger partial charge on any atom is 0.146 e. The van der Waals surface area contributed by atoms with Gasteiger partial charge in [0.1, 0.15) is 6.17 Å². The van der Waals surface area contributed by atoms with Crippen molar-refractivity contribution in [2.45, 2.75) is 13.1 Å². The molecule has 0 fully saturated rings. The first-order valence-electron chi connectivity index (χ1n) is 2.19. The Morgan fingerprint density at radius 3 is 2.29 bits per heavy atom. The minimum atomic E-state index is 0.0139. The van der Waals surface area contributed by atoms with Crippen molar-refractivity contribution in [3.05, 3.63) is 5.84 Å². The van der Waals surface area contributed by atoms with Crippen LogP contribution in [-0.2, 0) is 0 Å². The van der Waals surface area contributed by atoms with Crippen LogP contribution in [0.5, 0.6) is 0 Å². The summed E-state index contributed by atoms with van der Waals surface area (Å²) in [5.41, 5.74) is 0. The molecule has 4 nitrogen and oxygen atoms in total. The van der Waals surface area contributed by atoms with Crippen molar-refractivity contribution in [1.82, 2.24) is 5.32 Å². The topological polar surface area (TPSA) is 66.3 Å². The zero-order valence-corrected chi connectivity index (χ0v) is 4.65. The Hall–Kier alpha value is -0.160. The summed E-state index contributed by atoms with van der Waals surface area (Å²) in [6.07, 6.45) is 0.0139. The molecule has 44 valence electrons. The quantitative estimate of drug-likeness (QED) is 0.221. The van der Waals surface area contributed by atoms with Crippen LogP contribution >= 0.6 is 0 Å². The van der Waals surface area contributed by atoms with Gasteiger partial charge in [-0.2, -0.15) is 5.84 Å². The second-order valence-corrected chi connectivity index (χ2v) is 1.47. The van der Waals surface area contributed by atoms with Crippen LogP contribution in [0.1, 0.15) is 6.92 Å². The van der Waals surface area contributed by atoms with Gasteiger partial charge in [0.15, 0.2) is 0 Å². The zero-order valence-electron chi connectivity index (χ0n) is 4.65. The Labute approximate surface area is 43.4 Å². The van der Waals surface area contributed by atoms with E-state index in [1.807, 2.05) is 6.92 Å². The van der Waals surface area contributed by atoms with E-state index in [0.717, 1.165) is 0 Å². The number of hydrogen-bond acceptors (Lipinski definition) is 2. The molecule has 0 rings (SSSR count). The van der Waals surface area contributed by atoms with Gasteiger partial charge in [-0.25, -0.2) is 0 Å². The highest BCUT2D eigenvalue weighted by Crippen LogP contribution is 1.54. The van der Waals surface area contributed by atoms with Gasteiger partial charge in [0.05, 0.1) is 0 Å². The summed E-state index contributed by atoms with van der Waals surface area (Å²) in [6.45, 7) is 1.84. The van der Waals surface area contributed by atoms with Gasteiger partial charge in [0.25, 0.3) is 0 Å². The monoisotopic (exact) mass is 104 g/mol. The van der Waals surface area contributed by atoms with E-state index < -0.39 is 0 Å². The van der Waals surface area contributed by atoms with Gasteiger partial charge in [-0.15, -0.1) is 0 Å². The number of hydrogen-bond donors (Lipinski definition) is 3. The second kappa shape index (κ2) is 2.92. The van der Waals surface area contributed by atoms with E-state index in [-0.39, 0.29) is 11.3 Å². The van der Waals surface area contributed by atoms with Crippen LogP contribution < -0.4 is 16.3 Å². The molecule has 7 heavy (non-hydrogen) atoms. The summed E-state index contributed by atoms with van der Waals surface area (Å²) in [7, 11) is 1.77. The maximum absolute atomic E-state index is 6.82. The average molecular weight is 104 g/mol. The largest absolute Gasteiger partial charge is 0.447 e. The van der Waals surface area contributed by atoms with Gasteiger partial charge >= 0.3 is 0 Å². The Kier molecular flexibility index (Phi) is 2.86. The third kappa shape index (κ3) is 2.52. The molecule has 0 aromatic rings. The Morgan fingerprint density at radius 2 is 2.29 bits per heavy atom. The first kappa shape index (κ1) is 6.84. The summed E-state index contributed by atoms with van der Waals surface area (Å²) in [5.74, 6) is 11.9. The van der Waals surface area contributed by atoms with Crippen LogP contribution in [0.3, 0.4) is 0 Å². The molecule has 0 heterocycles. The van der Waals surface area contributed by atoms with E-state index in [1.165, 1.54) is 0 Å². The van der Waals surface area contributed by atoms with Crippen molar-refractivity contribution in [1.29, 1.82) is 0 Å². The SMILES string of the molecule is CNC(C)[NH+]([NH-])N. The standard InChI is InChI=1S/C3H12N4/c1-3(6-2)7(4)5/h3-4,6-7H,5H2,1-2H3. The number of nitrogens with one attached hydrogen (secondary N) is 3. The summed E-state index contributed by atoms with van der Waals surface area (Å²) in [6, 6.07) is 0. The van der Waals surface area contributed by atoms with E-state index in [9.17, 15) is 0 Å². The molecule has 0 spiro atoms. The van der Waals surface area contributed by atoms with Crippen LogP contribution in [0, 0.1) is 0 Å². The van der Waals surface area contributed by atoms with E-state index in [0.29, 0.717) is 0 Å². The highest BCUT2D eigenvalue weighted by molar-refractivity contribution is 4.31. The van der Waals surface area contributed by atoms with Crippen molar-refractivity contribution < 1.29 is 5.12 Å². The third-order valence-electron chi connectivity index (χ3n) is 0.900. The molecule has 0 aliphatic rings. The lowest BCUT2D eigenvalue weighted by Gasteiger charge is -2.20. The number of nitrogens with two attached hydrogens (primary N) is 1. The van der Waals surface area contributed by atoms with Gasteiger partial charge in [-0.1, -0.05) is 0 Å². The zero-order chi connectivity index (χ0) is 5.86. The molecule has 0 bridgehead atoms. The lowest BCUT2D eigenvalue weighted by atomic mass is 10.6. The van der Waals surface area contributed by atoms with Crippen LogP contribution in [0.25, 0.3) is 5.84 Å². The molecule has 0 saturated heterocycles. The van der Waals surface area contributed by atoms with Crippen molar-refractivity contribution in [2.24, 2.45) is 5.84 Å². The van der Waals surface area contributed by atoms with Gasteiger partial charge < -0.3 is 11.0 Å². The first-order valence-corrected chi connectivity index (χ1v) is 2.19. The maximum atomic E-state index is 6.82. The van der Waals surface area contributed by atoms with Crippen molar-refractivity contribution >= 4 is 0 Å². The minimum absolute atomic E-state index is 0.0139. The molecular weight excluding hydrogens is 92.1 g/mol. The predicted octanol–water partition coefficient (Wildman–Crippen LogP) is -1.72. The average Bonchev–Trinajstić information content (AvgIpc) is 1.65. The smallest absolute Gasteiger partial charge is 0.146 e. The first-order chi connectivity index (χ1) is 3.18. The molecule has 0 saturated carbocycles. The summed E-state index contributed by atoms with van der Waals surface area (Å²) in [4.78, 5) is 0. The van der Waals surface area contributed by atoms with Crippen LogP contribution in [0.15, 0.2) is 0 Å². The van der Waals surface area contributed by atoms with Crippen molar-refractivity contribution in [2.75, 3.05) is 7.05 Å². The van der Waals surface area contributed by atoms with E-state index in [1.54, 1.807) is 7.05 Å². The highest BCUT2D eigenvalue weighted by Gasteiger charge is 1.96. The lowest BCUT2D eigenvalue weighted by Crippen LogP contribution is -3.16. The van der Waals surface area contributed by atoms with E-state index in [4.69, 9.17) is 11.7 Å². The van der Waals surface area contributed by atoms with E-state index >= 15 is 0 Å². The van der Waals surface area contributed by atoms with Gasteiger partial charge in [-0.05, 0) is 7.05 Å². The lowest BCUT2D eigenvalue weighted by molar-refractivity contribution is -0.889. The van der Waals surface area contributed by atoms with Crippen molar-refractivity contribution in [3.63, 3.8) is 0 Å². The molecule has 0 aromatic heterocycles. The fourth-order valence-corrected chi connectivity index (χ4v) is 0.156. The fourth-order valence-electron chi connectivity index (χ4n) is 0.156. The van der Waals surface area contributed by atoms with Crippen LogP contribution in [0.2, 0.25) is 0 Å². The van der Waals surface area contributed by atoms with Gasteiger partial charge in [0, 0.05) is 6.92 Å². The summed E-state index contributed by atoms with van der Waals surface area (Å²) < 4.78 is 0. The summed E-state index contributed by atoms with van der Waals surface area (Å²) >= 11 is 0. The van der Waals surface area contributed by atoms with Gasteiger partial charge in [0.2, 0.25) is 0 Å². The Bertz CT molecular complexity index is 44.2. The molecule has 0 aliphatic heterocycles. The molecular formula is C3H12N4. The molecule has 4 heteroatoms. The third-order valence-corrected chi connectivity index (χ3v) is 0.900. The minimum Gasteiger partial charge on any atom is -0.447 e. The molecule has 2 unspecified atom stereocenters. The van der Waals surface area contributed by atoms with E-state index in [2.05, 4.69) is 5.32 Å².